The van der Waals surface area contributed by atoms with Crippen LogP contribution in [0.3, 0.4) is 0 Å². The number of fused-ring (bicyclic) bond motifs is 1. The standard InChI is InChI=1S/C12H14O4/c13-10(12(14)15)6-8-5-9-3-1-2-4-11(9)16-7-8/h1-4,8,10,13H,5-7H2,(H,14,15). The van der Waals surface area contributed by atoms with Crippen molar-refractivity contribution in [1.29, 1.82) is 0 Å². The van der Waals surface area contributed by atoms with E-state index in [2.05, 4.69) is 0 Å². The summed E-state index contributed by atoms with van der Waals surface area (Å²) in [5.74, 6) is -0.233. The minimum Gasteiger partial charge on any atom is -0.493 e. The Balaban J connectivity index is 2.00. The maximum atomic E-state index is 10.5. The second-order valence-electron chi connectivity index (χ2n) is 4.08. The predicted molar refractivity (Wildman–Crippen MR) is 57.4 cm³/mol. The first-order valence-corrected chi connectivity index (χ1v) is 5.28. The zero-order valence-electron chi connectivity index (χ0n) is 8.80. The molecule has 0 saturated heterocycles. The lowest BCUT2D eigenvalue weighted by Crippen LogP contribution is -2.29. The fourth-order valence-electron chi connectivity index (χ4n) is 1.96. The summed E-state index contributed by atoms with van der Waals surface area (Å²) in [6.45, 7) is 0.474. The number of benzene rings is 1. The third-order valence-electron chi connectivity index (χ3n) is 2.80. The van der Waals surface area contributed by atoms with E-state index >= 15 is 0 Å². The summed E-state index contributed by atoms with van der Waals surface area (Å²) in [6.07, 6.45) is -0.289. The first-order chi connectivity index (χ1) is 7.66. The zero-order valence-corrected chi connectivity index (χ0v) is 8.80. The number of hydrogen-bond donors (Lipinski definition) is 2. The molecule has 1 heterocycles. The molecule has 16 heavy (non-hydrogen) atoms. The van der Waals surface area contributed by atoms with Gasteiger partial charge in [-0.2, -0.15) is 0 Å². The van der Waals surface area contributed by atoms with Crippen LogP contribution in [0.15, 0.2) is 24.3 Å². The first kappa shape index (κ1) is 11.0. The molecule has 0 bridgehead atoms. The Kier molecular flexibility index (Phi) is 3.10. The Morgan fingerprint density at radius 2 is 2.25 bits per heavy atom. The lowest BCUT2D eigenvalue weighted by Gasteiger charge is -2.25. The van der Waals surface area contributed by atoms with E-state index in [-0.39, 0.29) is 12.3 Å². The van der Waals surface area contributed by atoms with E-state index in [9.17, 15) is 9.90 Å². The lowest BCUT2D eigenvalue weighted by molar-refractivity contribution is -0.147. The fraction of sp³-hybridized carbons (Fsp3) is 0.417. The Morgan fingerprint density at radius 1 is 1.50 bits per heavy atom. The van der Waals surface area contributed by atoms with Crippen LogP contribution in [0.5, 0.6) is 5.75 Å². The number of aliphatic carboxylic acids is 1. The zero-order chi connectivity index (χ0) is 11.5. The summed E-state index contributed by atoms with van der Waals surface area (Å²) in [5.41, 5.74) is 1.08. The van der Waals surface area contributed by atoms with Crippen molar-refractivity contribution in [3.8, 4) is 5.75 Å². The number of carbonyl (C=O) groups is 1. The van der Waals surface area contributed by atoms with Gasteiger partial charge >= 0.3 is 5.97 Å². The van der Waals surface area contributed by atoms with Gasteiger partial charge in [0.05, 0.1) is 6.61 Å². The van der Waals surface area contributed by atoms with E-state index in [0.29, 0.717) is 6.61 Å². The molecule has 86 valence electrons. The Hall–Kier alpha value is -1.55. The quantitative estimate of drug-likeness (QED) is 0.802. The SMILES string of the molecule is O=C(O)C(O)CC1COc2ccccc2C1. The molecule has 2 unspecified atom stereocenters. The molecule has 0 aromatic heterocycles. The van der Waals surface area contributed by atoms with Gasteiger partial charge in [-0.15, -0.1) is 0 Å². The maximum Gasteiger partial charge on any atom is 0.332 e. The van der Waals surface area contributed by atoms with E-state index in [0.717, 1.165) is 17.7 Å². The van der Waals surface area contributed by atoms with Gasteiger partial charge in [0.25, 0.3) is 0 Å². The van der Waals surface area contributed by atoms with Gasteiger partial charge in [-0.25, -0.2) is 4.79 Å². The van der Waals surface area contributed by atoms with Gasteiger partial charge in [0.15, 0.2) is 6.10 Å². The number of rotatable bonds is 3. The van der Waals surface area contributed by atoms with E-state index in [1.165, 1.54) is 0 Å². The third-order valence-corrected chi connectivity index (χ3v) is 2.80. The molecule has 0 aliphatic carbocycles. The number of para-hydroxylation sites is 1. The van der Waals surface area contributed by atoms with Gasteiger partial charge in [-0.3, -0.25) is 0 Å². The smallest absolute Gasteiger partial charge is 0.332 e. The average Bonchev–Trinajstić information content (AvgIpc) is 2.28. The van der Waals surface area contributed by atoms with E-state index in [1.54, 1.807) is 0 Å². The molecule has 2 atom stereocenters. The van der Waals surface area contributed by atoms with Crippen LogP contribution in [0.1, 0.15) is 12.0 Å². The van der Waals surface area contributed by atoms with Crippen molar-refractivity contribution in [3.63, 3.8) is 0 Å². The highest BCUT2D eigenvalue weighted by Gasteiger charge is 2.24. The van der Waals surface area contributed by atoms with Gasteiger partial charge in [0, 0.05) is 5.92 Å². The maximum absolute atomic E-state index is 10.5. The van der Waals surface area contributed by atoms with Crippen molar-refractivity contribution in [2.45, 2.75) is 18.9 Å². The summed E-state index contributed by atoms with van der Waals surface area (Å²) < 4.78 is 5.51. The number of carboxylic acids is 1. The Bertz CT molecular complexity index is 388. The van der Waals surface area contributed by atoms with Crippen LogP contribution in [0.4, 0.5) is 0 Å². The van der Waals surface area contributed by atoms with Gasteiger partial charge in [0.1, 0.15) is 5.75 Å². The van der Waals surface area contributed by atoms with Gasteiger partial charge in [-0.1, -0.05) is 18.2 Å². The lowest BCUT2D eigenvalue weighted by atomic mass is 9.92. The van der Waals surface area contributed by atoms with Gasteiger partial charge < -0.3 is 14.9 Å². The molecule has 1 aliphatic rings. The molecule has 4 nitrogen and oxygen atoms in total. The molecule has 1 aromatic carbocycles. The molecule has 2 N–H and O–H groups in total. The first-order valence-electron chi connectivity index (χ1n) is 5.28. The third kappa shape index (κ3) is 2.33. The molecule has 1 aliphatic heterocycles. The number of aliphatic hydroxyl groups is 1. The molecule has 0 saturated carbocycles. The van der Waals surface area contributed by atoms with Crippen molar-refractivity contribution in [1.82, 2.24) is 0 Å². The largest absolute Gasteiger partial charge is 0.493 e. The summed E-state index contributed by atoms with van der Waals surface area (Å²) in [5, 5.41) is 17.9. The van der Waals surface area contributed by atoms with Crippen LogP contribution < -0.4 is 4.74 Å². The molecule has 0 fully saturated rings. The molecular formula is C12H14O4. The molecule has 0 amide bonds. The minimum atomic E-state index is -1.29. The van der Waals surface area contributed by atoms with Crippen LogP contribution in [-0.4, -0.2) is 28.9 Å². The molecular weight excluding hydrogens is 208 g/mol. The van der Waals surface area contributed by atoms with Crippen molar-refractivity contribution in [3.05, 3.63) is 29.8 Å². The highest BCUT2D eigenvalue weighted by atomic mass is 16.5. The Morgan fingerprint density at radius 3 is 3.00 bits per heavy atom. The van der Waals surface area contributed by atoms with Crippen LogP contribution in [-0.2, 0) is 11.2 Å². The molecule has 0 radical (unpaired) electrons. The minimum absolute atomic E-state index is 0.0704. The summed E-state index contributed by atoms with van der Waals surface area (Å²) in [4.78, 5) is 10.5. The van der Waals surface area contributed by atoms with Crippen molar-refractivity contribution < 1.29 is 19.7 Å². The van der Waals surface area contributed by atoms with Crippen molar-refractivity contribution >= 4 is 5.97 Å². The number of ether oxygens (including phenoxy) is 1. The van der Waals surface area contributed by atoms with Crippen LogP contribution in [0.2, 0.25) is 0 Å². The van der Waals surface area contributed by atoms with Crippen LogP contribution in [0.25, 0.3) is 0 Å². The second-order valence-corrected chi connectivity index (χ2v) is 4.08. The molecule has 0 spiro atoms. The Labute approximate surface area is 93.5 Å². The average molecular weight is 222 g/mol. The topological polar surface area (TPSA) is 66.8 Å². The number of carboxylic acid groups (broad SMARTS) is 1. The van der Waals surface area contributed by atoms with Crippen molar-refractivity contribution in [2.75, 3.05) is 6.61 Å². The monoisotopic (exact) mass is 222 g/mol. The highest BCUT2D eigenvalue weighted by Crippen LogP contribution is 2.28. The van der Waals surface area contributed by atoms with E-state index in [1.807, 2.05) is 24.3 Å². The molecule has 4 heteroatoms. The number of hydrogen-bond acceptors (Lipinski definition) is 3. The normalized spacial score (nSPS) is 20.7. The van der Waals surface area contributed by atoms with Crippen LogP contribution >= 0.6 is 0 Å². The van der Waals surface area contributed by atoms with E-state index in [4.69, 9.17) is 9.84 Å². The summed E-state index contributed by atoms with van der Waals surface area (Å²) in [6, 6.07) is 7.71. The fourth-order valence-corrected chi connectivity index (χ4v) is 1.96. The van der Waals surface area contributed by atoms with E-state index < -0.39 is 12.1 Å². The van der Waals surface area contributed by atoms with Gasteiger partial charge in [0.2, 0.25) is 0 Å². The van der Waals surface area contributed by atoms with Crippen molar-refractivity contribution in [2.24, 2.45) is 5.92 Å². The highest BCUT2D eigenvalue weighted by molar-refractivity contribution is 5.71. The summed E-state index contributed by atoms with van der Waals surface area (Å²) >= 11 is 0. The second kappa shape index (κ2) is 4.53. The number of aliphatic hydroxyl groups excluding tert-OH is 1. The van der Waals surface area contributed by atoms with Crippen LogP contribution in [0, 0.1) is 5.92 Å². The summed E-state index contributed by atoms with van der Waals surface area (Å²) in [7, 11) is 0. The molecule has 1 aromatic rings. The molecule has 2 rings (SSSR count). The van der Waals surface area contributed by atoms with Gasteiger partial charge in [-0.05, 0) is 24.5 Å². The predicted octanol–water partition coefficient (Wildman–Crippen LogP) is 1.07.